The summed E-state index contributed by atoms with van der Waals surface area (Å²) in [4.78, 5) is 12.6. The molecule has 5 heteroatoms. The molecule has 4 nitrogen and oxygen atoms in total. The van der Waals surface area contributed by atoms with Crippen molar-refractivity contribution in [2.45, 2.75) is 83.1 Å². The quantitative estimate of drug-likeness (QED) is 0.321. The van der Waals surface area contributed by atoms with Gasteiger partial charge in [0.15, 0.2) is 0 Å². The first kappa shape index (κ1) is 23.5. The number of nitrogens with zero attached hydrogens (tertiary/aromatic N) is 1. The standard InChI is InChI=1S/C24H34BrN3O/c25-22-12-10-11-20(17-22)15-16-27-19-21(18-26)24(29)28-23-13-8-6-4-2-1-3-5-7-9-14-23/h10-12,17,19,23,27H,1-9,13-16H2,(H,28,29)/b21-19-. The molecule has 0 heterocycles. The molecule has 0 atom stereocenters. The van der Waals surface area contributed by atoms with Crippen molar-refractivity contribution >= 4 is 21.8 Å². The van der Waals surface area contributed by atoms with E-state index in [9.17, 15) is 10.1 Å². The van der Waals surface area contributed by atoms with Gasteiger partial charge in [0.05, 0.1) is 0 Å². The Morgan fingerprint density at radius 1 is 1.07 bits per heavy atom. The molecule has 0 aliphatic heterocycles. The normalized spacial score (nSPS) is 17.4. The minimum absolute atomic E-state index is 0.158. The molecule has 1 amide bonds. The van der Waals surface area contributed by atoms with Crippen molar-refractivity contribution in [2.24, 2.45) is 0 Å². The molecule has 1 fully saturated rings. The van der Waals surface area contributed by atoms with Crippen LogP contribution >= 0.6 is 15.9 Å². The maximum absolute atomic E-state index is 12.6. The largest absolute Gasteiger partial charge is 0.389 e. The fourth-order valence-corrected chi connectivity index (χ4v) is 4.25. The van der Waals surface area contributed by atoms with Crippen LogP contribution in [0.5, 0.6) is 0 Å². The van der Waals surface area contributed by atoms with Crippen LogP contribution in [-0.4, -0.2) is 18.5 Å². The van der Waals surface area contributed by atoms with Crippen LogP contribution in [0.25, 0.3) is 0 Å². The van der Waals surface area contributed by atoms with Gasteiger partial charge < -0.3 is 10.6 Å². The summed E-state index contributed by atoms with van der Waals surface area (Å²) in [7, 11) is 0. The third-order valence-corrected chi connectivity index (χ3v) is 5.99. The van der Waals surface area contributed by atoms with Gasteiger partial charge in [-0.3, -0.25) is 4.79 Å². The Kier molecular flexibility index (Phi) is 11.5. The first-order chi connectivity index (χ1) is 14.2. The van der Waals surface area contributed by atoms with E-state index in [0.717, 1.165) is 36.6 Å². The second-order valence-corrected chi connectivity index (χ2v) is 8.85. The molecule has 0 unspecified atom stereocenters. The number of hydrogen-bond acceptors (Lipinski definition) is 3. The van der Waals surface area contributed by atoms with E-state index in [-0.39, 0.29) is 17.5 Å². The highest BCUT2D eigenvalue weighted by Crippen LogP contribution is 2.17. The van der Waals surface area contributed by atoms with Gasteiger partial charge in [-0.05, 0) is 37.0 Å². The van der Waals surface area contributed by atoms with E-state index in [2.05, 4.69) is 38.7 Å². The van der Waals surface area contributed by atoms with Crippen molar-refractivity contribution in [1.82, 2.24) is 10.6 Å². The monoisotopic (exact) mass is 459 g/mol. The van der Waals surface area contributed by atoms with Crippen LogP contribution in [0.4, 0.5) is 0 Å². The lowest BCUT2D eigenvalue weighted by Gasteiger charge is -2.19. The van der Waals surface area contributed by atoms with Crippen molar-refractivity contribution in [2.75, 3.05) is 6.54 Å². The molecule has 29 heavy (non-hydrogen) atoms. The highest BCUT2D eigenvalue weighted by Gasteiger charge is 2.15. The highest BCUT2D eigenvalue weighted by molar-refractivity contribution is 9.10. The minimum atomic E-state index is -0.250. The van der Waals surface area contributed by atoms with Crippen molar-refractivity contribution in [3.05, 3.63) is 46.1 Å². The molecule has 2 rings (SSSR count). The molecule has 158 valence electrons. The van der Waals surface area contributed by atoms with Crippen molar-refractivity contribution < 1.29 is 4.79 Å². The van der Waals surface area contributed by atoms with E-state index in [4.69, 9.17) is 0 Å². The van der Waals surface area contributed by atoms with Crippen LogP contribution in [0, 0.1) is 11.3 Å². The molecule has 2 N–H and O–H groups in total. The van der Waals surface area contributed by atoms with E-state index < -0.39 is 0 Å². The Hall–Kier alpha value is -1.80. The third-order valence-electron chi connectivity index (χ3n) is 5.50. The summed E-state index contributed by atoms with van der Waals surface area (Å²) in [5.74, 6) is -0.250. The predicted octanol–water partition coefficient (Wildman–Crippen LogP) is 5.78. The van der Waals surface area contributed by atoms with Crippen LogP contribution in [0.15, 0.2) is 40.5 Å². The average molecular weight is 460 g/mol. The molecule has 0 bridgehead atoms. The maximum Gasteiger partial charge on any atom is 0.263 e. The molecule has 0 saturated heterocycles. The van der Waals surface area contributed by atoms with Crippen LogP contribution in [-0.2, 0) is 11.2 Å². The topological polar surface area (TPSA) is 64.9 Å². The van der Waals surface area contributed by atoms with Crippen LogP contribution in [0.1, 0.15) is 76.2 Å². The smallest absolute Gasteiger partial charge is 0.263 e. The van der Waals surface area contributed by atoms with Crippen molar-refractivity contribution in [1.29, 1.82) is 5.26 Å². The molecule has 1 aromatic carbocycles. The molecule has 1 aromatic rings. The maximum atomic E-state index is 12.6. The molecule has 1 aliphatic rings. The lowest BCUT2D eigenvalue weighted by Crippen LogP contribution is -2.36. The van der Waals surface area contributed by atoms with E-state index >= 15 is 0 Å². The minimum Gasteiger partial charge on any atom is -0.389 e. The number of nitriles is 1. The molecule has 1 aliphatic carbocycles. The number of rotatable bonds is 6. The van der Waals surface area contributed by atoms with E-state index in [1.54, 1.807) is 6.20 Å². The van der Waals surface area contributed by atoms with Gasteiger partial charge in [0.1, 0.15) is 11.6 Å². The van der Waals surface area contributed by atoms with Crippen LogP contribution in [0.3, 0.4) is 0 Å². The molecule has 1 saturated carbocycles. The molecule has 0 aromatic heterocycles. The number of carbonyl (C=O) groups is 1. The Morgan fingerprint density at radius 3 is 2.28 bits per heavy atom. The number of nitrogens with one attached hydrogen (secondary N) is 2. The molecule has 0 radical (unpaired) electrons. The second-order valence-electron chi connectivity index (χ2n) is 7.93. The van der Waals surface area contributed by atoms with Gasteiger partial charge in [-0.25, -0.2) is 0 Å². The zero-order valence-electron chi connectivity index (χ0n) is 17.4. The lowest BCUT2D eigenvalue weighted by atomic mass is 9.98. The van der Waals surface area contributed by atoms with E-state index in [1.165, 1.54) is 50.5 Å². The average Bonchev–Trinajstić information content (AvgIpc) is 2.70. The number of amides is 1. The van der Waals surface area contributed by atoms with Crippen molar-refractivity contribution in [3.63, 3.8) is 0 Å². The Morgan fingerprint density at radius 2 is 1.69 bits per heavy atom. The third kappa shape index (κ3) is 9.99. The summed E-state index contributed by atoms with van der Waals surface area (Å²) in [5.41, 5.74) is 1.36. The van der Waals surface area contributed by atoms with Gasteiger partial charge in [-0.1, -0.05) is 85.9 Å². The lowest BCUT2D eigenvalue weighted by molar-refractivity contribution is -0.117. The molecule has 0 spiro atoms. The van der Waals surface area contributed by atoms with E-state index in [1.807, 2.05) is 18.2 Å². The molecular weight excluding hydrogens is 426 g/mol. The zero-order valence-corrected chi connectivity index (χ0v) is 19.0. The second kappa shape index (κ2) is 14.2. The van der Waals surface area contributed by atoms with Gasteiger partial charge >= 0.3 is 0 Å². The van der Waals surface area contributed by atoms with Gasteiger partial charge in [-0.15, -0.1) is 0 Å². The summed E-state index contributed by atoms with van der Waals surface area (Å²) < 4.78 is 1.06. The summed E-state index contributed by atoms with van der Waals surface area (Å²) in [5, 5.41) is 15.6. The predicted molar refractivity (Wildman–Crippen MR) is 122 cm³/mol. The number of carbonyl (C=O) groups excluding carboxylic acids is 1. The number of halogens is 1. The first-order valence-electron chi connectivity index (χ1n) is 11.1. The molecular formula is C24H34BrN3O. The summed E-state index contributed by atoms with van der Waals surface area (Å²) in [6.45, 7) is 0.679. The van der Waals surface area contributed by atoms with E-state index in [0.29, 0.717) is 6.54 Å². The number of benzene rings is 1. The van der Waals surface area contributed by atoms with Crippen LogP contribution < -0.4 is 10.6 Å². The van der Waals surface area contributed by atoms with Gasteiger partial charge in [0, 0.05) is 23.3 Å². The first-order valence-corrected chi connectivity index (χ1v) is 11.9. The summed E-state index contributed by atoms with van der Waals surface area (Å²) in [6, 6.07) is 10.4. The van der Waals surface area contributed by atoms with Crippen LogP contribution in [0.2, 0.25) is 0 Å². The highest BCUT2D eigenvalue weighted by atomic mass is 79.9. The fraction of sp³-hybridized carbons (Fsp3) is 0.583. The van der Waals surface area contributed by atoms with Crippen molar-refractivity contribution in [3.8, 4) is 6.07 Å². The Bertz CT molecular complexity index is 684. The summed E-state index contributed by atoms with van der Waals surface area (Å²) >= 11 is 3.47. The Balaban J connectivity index is 1.80. The van der Waals surface area contributed by atoms with Gasteiger partial charge in [-0.2, -0.15) is 5.26 Å². The number of hydrogen-bond donors (Lipinski definition) is 2. The summed E-state index contributed by atoms with van der Waals surface area (Å²) in [6.07, 6.45) is 15.8. The Labute approximate surface area is 184 Å². The van der Waals surface area contributed by atoms with Gasteiger partial charge in [0.25, 0.3) is 5.91 Å². The fourth-order valence-electron chi connectivity index (χ4n) is 3.80. The van der Waals surface area contributed by atoms with Gasteiger partial charge in [0.2, 0.25) is 0 Å². The SMILES string of the molecule is N#C/C(=C/NCCc1cccc(Br)c1)C(=O)NC1CCCCCCCCCCC1. The zero-order chi connectivity index (χ0) is 20.7.